The molecule has 0 spiro atoms. The fourth-order valence-corrected chi connectivity index (χ4v) is 5.87. The van der Waals surface area contributed by atoms with Gasteiger partial charge in [-0.25, -0.2) is 0 Å². The van der Waals surface area contributed by atoms with Crippen molar-refractivity contribution in [3.05, 3.63) is 12.2 Å². The summed E-state index contributed by atoms with van der Waals surface area (Å²) in [4.78, 5) is 12.4. The second-order valence-corrected chi connectivity index (χ2v) is 13.3. The van der Waals surface area contributed by atoms with Gasteiger partial charge in [0.05, 0.1) is 18.8 Å². The summed E-state index contributed by atoms with van der Waals surface area (Å²) in [6.45, 7) is 3.99. The maximum atomic E-state index is 12.4. The number of aliphatic hydroxyl groups excluding tert-OH is 4. The van der Waals surface area contributed by atoms with E-state index in [-0.39, 0.29) is 0 Å². The topological polar surface area (TPSA) is 110 Å². The second-order valence-electron chi connectivity index (χ2n) is 13.3. The van der Waals surface area contributed by atoms with Gasteiger partial charge in [-0.05, 0) is 38.5 Å². The highest BCUT2D eigenvalue weighted by Gasteiger charge is 2.28. The fourth-order valence-electron chi connectivity index (χ4n) is 5.87. The van der Waals surface area contributed by atoms with Gasteiger partial charge in [0.25, 0.3) is 0 Å². The first-order valence-electron chi connectivity index (χ1n) is 19.1. The van der Waals surface area contributed by atoms with Crippen LogP contribution in [0, 0.1) is 0 Å². The first-order chi connectivity index (χ1) is 21.5. The van der Waals surface area contributed by atoms with Crippen molar-refractivity contribution in [2.24, 2.45) is 0 Å². The molecule has 4 atom stereocenters. The zero-order valence-electron chi connectivity index (χ0n) is 29.2. The molecule has 6 heteroatoms. The Morgan fingerprint density at radius 3 is 1.36 bits per heavy atom. The molecule has 0 aromatic carbocycles. The van der Waals surface area contributed by atoms with Crippen molar-refractivity contribution in [3.63, 3.8) is 0 Å². The van der Waals surface area contributed by atoms with Gasteiger partial charge in [-0.2, -0.15) is 0 Å². The van der Waals surface area contributed by atoms with Crippen LogP contribution in [0.2, 0.25) is 0 Å². The molecule has 0 fully saturated rings. The van der Waals surface area contributed by atoms with Crippen molar-refractivity contribution in [2.75, 3.05) is 6.61 Å². The molecule has 5 N–H and O–H groups in total. The van der Waals surface area contributed by atoms with Gasteiger partial charge in [0.1, 0.15) is 12.2 Å². The number of amides is 1. The summed E-state index contributed by atoms with van der Waals surface area (Å²) in [6, 6.07) is -0.994. The molecule has 0 aliphatic heterocycles. The average molecular weight is 626 g/mol. The van der Waals surface area contributed by atoms with E-state index in [9.17, 15) is 25.2 Å². The number of unbranched alkanes of at least 4 members (excludes halogenated alkanes) is 23. The standard InChI is InChI=1S/C38H75NO5/c1-3-5-7-9-11-13-14-15-16-17-18-19-20-21-22-23-24-26-27-29-31-35(41)37(43)34(33-40)39-38(44)36(42)32-30-28-25-12-10-8-6-4-2/h24,26,34-37,40-43H,3-23,25,27-33H2,1-2H3,(H,39,44)/b26-24+. The first kappa shape index (κ1) is 43.0. The molecule has 0 rings (SSSR count). The quantitative estimate of drug-likeness (QED) is 0.0362. The van der Waals surface area contributed by atoms with Crippen molar-refractivity contribution < 1.29 is 25.2 Å². The van der Waals surface area contributed by atoms with Gasteiger partial charge >= 0.3 is 0 Å². The minimum atomic E-state index is -1.27. The van der Waals surface area contributed by atoms with Crippen LogP contribution in [0.4, 0.5) is 0 Å². The number of hydrogen-bond acceptors (Lipinski definition) is 5. The summed E-state index contributed by atoms with van der Waals surface area (Å²) in [7, 11) is 0. The minimum Gasteiger partial charge on any atom is -0.394 e. The van der Waals surface area contributed by atoms with E-state index >= 15 is 0 Å². The van der Waals surface area contributed by atoms with E-state index in [1.165, 1.54) is 128 Å². The van der Waals surface area contributed by atoms with Crippen LogP contribution in [0.15, 0.2) is 12.2 Å². The molecule has 6 nitrogen and oxygen atoms in total. The molecule has 0 saturated heterocycles. The number of rotatable bonds is 34. The lowest BCUT2D eigenvalue weighted by Crippen LogP contribution is -2.53. The Labute approximate surface area is 272 Å². The van der Waals surface area contributed by atoms with Crippen LogP contribution in [0.5, 0.6) is 0 Å². The van der Waals surface area contributed by atoms with E-state index in [1.54, 1.807) is 0 Å². The van der Waals surface area contributed by atoms with Crippen molar-refractivity contribution >= 4 is 5.91 Å². The number of nitrogens with one attached hydrogen (secondary N) is 1. The van der Waals surface area contributed by atoms with Crippen LogP contribution in [-0.2, 0) is 4.79 Å². The van der Waals surface area contributed by atoms with Crippen molar-refractivity contribution in [1.82, 2.24) is 5.32 Å². The third kappa shape index (κ3) is 27.4. The highest BCUT2D eigenvalue weighted by molar-refractivity contribution is 5.80. The molecular formula is C38H75NO5. The van der Waals surface area contributed by atoms with Crippen molar-refractivity contribution in [1.29, 1.82) is 0 Å². The van der Waals surface area contributed by atoms with Crippen LogP contribution in [-0.4, -0.2) is 57.3 Å². The third-order valence-corrected chi connectivity index (χ3v) is 8.98. The van der Waals surface area contributed by atoms with Gasteiger partial charge in [0.2, 0.25) is 5.91 Å². The van der Waals surface area contributed by atoms with E-state index in [2.05, 4.69) is 31.3 Å². The second kappa shape index (κ2) is 33.4. The lowest BCUT2D eigenvalue weighted by atomic mass is 10.00. The highest BCUT2D eigenvalue weighted by Crippen LogP contribution is 2.15. The Balaban J connectivity index is 3.76. The van der Waals surface area contributed by atoms with Gasteiger partial charge in [-0.15, -0.1) is 0 Å². The molecule has 44 heavy (non-hydrogen) atoms. The summed E-state index contributed by atoms with van der Waals surface area (Å²) in [5.41, 5.74) is 0. The molecule has 0 aromatic heterocycles. The van der Waals surface area contributed by atoms with Crippen LogP contribution >= 0.6 is 0 Å². The van der Waals surface area contributed by atoms with Crippen molar-refractivity contribution in [2.45, 2.75) is 218 Å². The molecule has 262 valence electrons. The van der Waals surface area contributed by atoms with Gasteiger partial charge in [0.15, 0.2) is 0 Å². The van der Waals surface area contributed by atoms with E-state index in [1.807, 2.05) is 0 Å². The molecule has 0 aliphatic rings. The molecule has 0 radical (unpaired) electrons. The molecule has 0 aliphatic carbocycles. The SMILES string of the molecule is CCCCCCCCCCCCCCCCC/C=C/CCCC(O)C(O)C(CO)NC(=O)C(O)CCCCCCCCCC. The smallest absolute Gasteiger partial charge is 0.249 e. The van der Waals surface area contributed by atoms with Gasteiger partial charge < -0.3 is 25.7 Å². The first-order valence-corrected chi connectivity index (χ1v) is 19.1. The summed E-state index contributed by atoms with van der Waals surface area (Å²) >= 11 is 0. The number of aliphatic hydroxyl groups is 4. The lowest BCUT2D eigenvalue weighted by molar-refractivity contribution is -0.132. The van der Waals surface area contributed by atoms with Crippen LogP contribution < -0.4 is 5.32 Å². The Hall–Kier alpha value is -0.950. The largest absolute Gasteiger partial charge is 0.394 e. The minimum absolute atomic E-state index is 0.364. The van der Waals surface area contributed by atoms with Crippen LogP contribution in [0.25, 0.3) is 0 Å². The van der Waals surface area contributed by atoms with Crippen LogP contribution in [0.3, 0.4) is 0 Å². The van der Waals surface area contributed by atoms with Gasteiger partial charge in [-0.1, -0.05) is 167 Å². The molecule has 0 heterocycles. The number of allylic oxidation sites excluding steroid dienone is 2. The molecule has 1 amide bonds. The maximum Gasteiger partial charge on any atom is 0.249 e. The summed E-state index contributed by atoms with van der Waals surface area (Å²) in [5.74, 6) is -0.597. The van der Waals surface area contributed by atoms with E-state index in [0.29, 0.717) is 12.8 Å². The maximum absolute atomic E-state index is 12.4. The predicted molar refractivity (Wildman–Crippen MR) is 187 cm³/mol. The third-order valence-electron chi connectivity index (χ3n) is 8.98. The average Bonchev–Trinajstić information content (AvgIpc) is 3.03. The monoisotopic (exact) mass is 626 g/mol. The Bertz CT molecular complexity index is 628. The molecule has 0 saturated carbocycles. The predicted octanol–water partition coefficient (Wildman–Crippen LogP) is 9.07. The molecule has 0 aromatic rings. The zero-order valence-corrected chi connectivity index (χ0v) is 29.2. The van der Waals surface area contributed by atoms with Crippen molar-refractivity contribution in [3.8, 4) is 0 Å². The Morgan fingerprint density at radius 2 is 0.932 bits per heavy atom. The van der Waals surface area contributed by atoms with E-state index in [4.69, 9.17) is 0 Å². The van der Waals surface area contributed by atoms with E-state index in [0.717, 1.165) is 38.5 Å². The van der Waals surface area contributed by atoms with E-state index < -0.39 is 36.9 Å². The zero-order chi connectivity index (χ0) is 32.5. The van der Waals surface area contributed by atoms with Gasteiger partial charge in [0, 0.05) is 0 Å². The Kier molecular flexibility index (Phi) is 32.7. The van der Waals surface area contributed by atoms with Gasteiger partial charge in [-0.3, -0.25) is 4.79 Å². The summed E-state index contributed by atoms with van der Waals surface area (Å²) < 4.78 is 0. The molecule has 0 bridgehead atoms. The number of hydrogen-bond donors (Lipinski definition) is 5. The summed E-state index contributed by atoms with van der Waals surface area (Å²) in [5, 5.41) is 43.3. The lowest BCUT2D eigenvalue weighted by Gasteiger charge is -2.27. The van der Waals surface area contributed by atoms with Crippen LogP contribution in [0.1, 0.15) is 194 Å². The highest BCUT2D eigenvalue weighted by atomic mass is 16.3. The fraction of sp³-hybridized carbons (Fsp3) is 0.921. The normalized spacial score (nSPS) is 14.6. The molecule has 4 unspecified atom stereocenters. The molecular weight excluding hydrogens is 550 g/mol. The number of carbonyl (C=O) groups is 1. The number of carbonyl (C=O) groups excluding carboxylic acids is 1. The summed E-state index contributed by atoms with van der Waals surface area (Å²) in [6.07, 6.45) is 34.0. The Morgan fingerprint density at radius 1 is 0.545 bits per heavy atom.